The summed E-state index contributed by atoms with van der Waals surface area (Å²) < 4.78 is 33.7. The maximum absolute atomic E-state index is 12.8. The molecule has 1 aliphatic heterocycles. The Hall–Kier alpha value is -1.16. The van der Waals surface area contributed by atoms with Crippen molar-refractivity contribution < 1.29 is 13.2 Å². The van der Waals surface area contributed by atoms with Gasteiger partial charge in [0.1, 0.15) is 0 Å². The molecule has 0 atom stereocenters. The molecule has 0 saturated carbocycles. The van der Waals surface area contributed by atoms with Crippen LogP contribution in [0.3, 0.4) is 0 Å². The highest BCUT2D eigenvalue weighted by atomic mass is 32.2. The number of nitrogens with zero attached hydrogens (tertiary/aromatic N) is 3. The monoisotopic (exact) mass is 330 g/mol. The van der Waals surface area contributed by atoms with Crippen molar-refractivity contribution in [1.29, 1.82) is 0 Å². The Balaban J connectivity index is 1.88. The van der Waals surface area contributed by atoms with Gasteiger partial charge in [-0.25, -0.2) is 13.4 Å². The van der Waals surface area contributed by atoms with Crippen LogP contribution in [0.15, 0.2) is 16.6 Å². The van der Waals surface area contributed by atoms with Gasteiger partial charge in [0.05, 0.1) is 0 Å². The van der Waals surface area contributed by atoms with Gasteiger partial charge in [-0.05, 0) is 18.8 Å². The number of anilines is 1. The van der Waals surface area contributed by atoms with Crippen LogP contribution in [0.1, 0.15) is 12.8 Å². The van der Waals surface area contributed by atoms with Crippen molar-refractivity contribution in [1.82, 2.24) is 13.7 Å². The van der Waals surface area contributed by atoms with Gasteiger partial charge in [-0.2, -0.15) is 4.31 Å². The quantitative estimate of drug-likeness (QED) is 0.904. The third-order valence-electron chi connectivity index (χ3n) is 3.75. The number of ether oxygens (including phenoxy) is 1. The normalized spacial score (nSPS) is 17.8. The molecular formula is C12H18N4O3S2. The van der Waals surface area contributed by atoms with E-state index < -0.39 is 10.0 Å². The third-order valence-corrected chi connectivity index (χ3v) is 6.38. The van der Waals surface area contributed by atoms with E-state index in [4.69, 9.17) is 10.5 Å². The number of aromatic nitrogens is 2. The van der Waals surface area contributed by atoms with Crippen molar-refractivity contribution >= 4 is 32.1 Å². The van der Waals surface area contributed by atoms with Gasteiger partial charge in [0.25, 0.3) is 10.0 Å². The molecule has 2 aromatic heterocycles. The first-order chi connectivity index (χ1) is 10.00. The van der Waals surface area contributed by atoms with E-state index in [1.54, 1.807) is 18.6 Å². The van der Waals surface area contributed by atoms with Gasteiger partial charge in [-0.15, -0.1) is 11.3 Å². The number of imidazole rings is 1. The van der Waals surface area contributed by atoms with Gasteiger partial charge in [0, 0.05) is 38.4 Å². The van der Waals surface area contributed by atoms with Crippen molar-refractivity contribution in [3.05, 3.63) is 11.6 Å². The number of sulfonamides is 1. The lowest BCUT2D eigenvalue weighted by Crippen LogP contribution is -2.35. The fourth-order valence-electron chi connectivity index (χ4n) is 2.58. The second-order valence-electron chi connectivity index (χ2n) is 5.20. The molecule has 2 aromatic rings. The van der Waals surface area contributed by atoms with Crippen LogP contribution in [0.25, 0.3) is 4.96 Å². The second-order valence-corrected chi connectivity index (χ2v) is 8.03. The average molecular weight is 330 g/mol. The van der Waals surface area contributed by atoms with Gasteiger partial charge in [-0.3, -0.25) is 4.40 Å². The Kier molecular flexibility index (Phi) is 3.91. The summed E-state index contributed by atoms with van der Waals surface area (Å²) in [4.78, 5) is 4.69. The summed E-state index contributed by atoms with van der Waals surface area (Å²) in [5.74, 6) is 0.381. The van der Waals surface area contributed by atoms with Gasteiger partial charge in [-0.1, -0.05) is 0 Å². The lowest BCUT2D eigenvalue weighted by atomic mass is 10.0. The third kappa shape index (κ3) is 2.66. The van der Waals surface area contributed by atoms with Crippen LogP contribution in [0.5, 0.6) is 0 Å². The van der Waals surface area contributed by atoms with E-state index in [0.29, 0.717) is 30.6 Å². The molecule has 0 amide bonds. The summed E-state index contributed by atoms with van der Waals surface area (Å²) in [5, 5.41) is 1.85. The lowest BCUT2D eigenvalue weighted by Gasteiger charge is -2.26. The number of nitrogen functional groups attached to an aromatic ring is 1. The van der Waals surface area contributed by atoms with Crippen LogP contribution >= 0.6 is 11.3 Å². The minimum atomic E-state index is -3.65. The standard InChI is InChI=1S/C12H18N4O3S2/c1-15(8-9-2-5-19-6-3-9)21(17,18)11-10(13)14-12-16(11)4-7-20-12/h4,7,9H,2-3,5-6,8,13H2,1H3. The molecule has 0 aromatic carbocycles. The highest BCUT2D eigenvalue weighted by Gasteiger charge is 2.30. The van der Waals surface area contributed by atoms with Crippen molar-refractivity contribution in [2.24, 2.45) is 5.92 Å². The summed E-state index contributed by atoms with van der Waals surface area (Å²) in [5.41, 5.74) is 5.80. The molecule has 3 heterocycles. The molecule has 1 aliphatic rings. The summed E-state index contributed by atoms with van der Waals surface area (Å²) in [6.45, 7) is 1.87. The van der Waals surface area contributed by atoms with Crippen molar-refractivity contribution in [2.45, 2.75) is 17.9 Å². The Morgan fingerprint density at radius 1 is 1.52 bits per heavy atom. The largest absolute Gasteiger partial charge is 0.381 e. The number of hydrogen-bond donors (Lipinski definition) is 1. The van der Waals surface area contributed by atoms with Crippen molar-refractivity contribution in [3.63, 3.8) is 0 Å². The number of thiazole rings is 1. The zero-order valence-electron chi connectivity index (χ0n) is 11.7. The van der Waals surface area contributed by atoms with E-state index in [2.05, 4.69) is 4.98 Å². The molecule has 3 rings (SSSR count). The zero-order chi connectivity index (χ0) is 15.0. The molecule has 116 valence electrons. The zero-order valence-corrected chi connectivity index (χ0v) is 13.4. The first-order valence-corrected chi connectivity index (χ1v) is 9.07. The molecule has 1 saturated heterocycles. The Bertz CT molecular complexity index is 731. The molecule has 0 bridgehead atoms. The van der Waals surface area contributed by atoms with E-state index in [1.165, 1.54) is 20.0 Å². The molecule has 0 unspecified atom stereocenters. The highest BCUT2D eigenvalue weighted by molar-refractivity contribution is 7.89. The minimum Gasteiger partial charge on any atom is -0.381 e. The van der Waals surface area contributed by atoms with E-state index in [1.807, 2.05) is 0 Å². The highest BCUT2D eigenvalue weighted by Crippen LogP contribution is 2.27. The Morgan fingerprint density at radius 2 is 2.24 bits per heavy atom. The molecular weight excluding hydrogens is 312 g/mol. The fraction of sp³-hybridized carbons (Fsp3) is 0.583. The van der Waals surface area contributed by atoms with E-state index in [-0.39, 0.29) is 10.8 Å². The maximum Gasteiger partial charge on any atom is 0.262 e. The van der Waals surface area contributed by atoms with Crippen LogP contribution in [-0.4, -0.2) is 48.9 Å². The van der Waals surface area contributed by atoms with Gasteiger partial charge >= 0.3 is 0 Å². The SMILES string of the molecule is CN(CC1CCOCC1)S(=O)(=O)c1c(N)nc2sccn12. The first-order valence-electron chi connectivity index (χ1n) is 6.75. The van der Waals surface area contributed by atoms with E-state index in [9.17, 15) is 8.42 Å². The van der Waals surface area contributed by atoms with Gasteiger partial charge < -0.3 is 10.5 Å². The maximum atomic E-state index is 12.8. The summed E-state index contributed by atoms with van der Waals surface area (Å²) in [7, 11) is -2.05. The molecule has 1 fully saturated rings. The lowest BCUT2D eigenvalue weighted by molar-refractivity contribution is 0.0620. The first kappa shape index (κ1) is 14.8. The van der Waals surface area contributed by atoms with Crippen LogP contribution in [0.4, 0.5) is 5.82 Å². The summed E-state index contributed by atoms with van der Waals surface area (Å²) >= 11 is 1.36. The van der Waals surface area contributed by atoms with Crippen LogP contribution in [0.2, 0.25) is 0 Å². The topological polar surface area (TPSA) is 89.9 Å². The van der Waals surface area contributed by atoms with Crippen LogP contribution in [0, 0.1) is 5.92 Å². The van der Waals surface area contributed by atoms with Gasteiger partial charge in [0.2, 0.25) is 0 Å². The molecule has 2 N–H and O–H groups in total. The van der Waals surface area contributed by atoms with Crippen molar-refractivity contribution in [3.8, 4) is 0 Å². The summed E-state index contributed by atoms with van der Waals surface area (Å²) in [6.07, 6.45) is 3.45. The molecule has 0 aliphatic carbocycles. The van der Waals surface area contributed by atoms with Gasteiger partial charge in [0.15, 0.2) is 15.8 Å². The van der Waals surface area contributed by atoms with E-state index >= 15 is 0 Å². The predicted octanol–water partition coefficient (Wildman–Crippen LogP) is 1.03. The van der Waals surface area contributed by atoms with E-state index in [0.717, 1.165) is 12.8 Å². The number of hydrogen-bond acceptors (Lipinski definition) is 6. The number of nitrogens with two attached hydrogens (primary N) is 1. The van der Waals surface area contributed by atoms with Crippen molar-refractivity contribution in [2.75, 3.05) is 32.5 Å². The molecule has 21 heavy (non-hydrogen) atoms. The number of fused-ring (bicyclic) bond motifs is 1. The van der Waals surface area contributed by atoms with Crippen LogP contribution < -0.4 is 5.73 Å². The smallest absolute Gasteiger partial charge is 0.262 e. The Labute approximate surface area is 127 Å². The molecule has 0 radical (unpaired) electrons. The fourth-order valence-corrected chi connectivity index (χ4v) is 4.76. The molecule has 0 spiro atoms. The van der Waals surface area contributed by atoms with Crippen LogP contribution in [-0.2, 0) is 14.8 Å². The predicted molar refractivity (Wildman–Crippen MR) is 80.8 cm³/mol. The average Bonchev–Trinajstić information content (AvgIpc) is 2.99. The molecule has 7 nitrogen and oxygen atoms in total. The Morgan fingerprint density at radius 3 is 2.95 bits per heavy atom. The number of rotatable bonds is 4. The minimum absolute atomic E-state index is 0.0562. The summed E-state index contributed by atoms with van der Waals surface area (Å²) in [6, 6.07) is 0. The molecule has 9 heteroatoms. The second kappa shape index (κ2) is 5.56.